The van der Waals surface area contributed by atoms with Gasteiger partial charge >= 0.3 is 0 Å². The summed E-state index contributed by atoms with van der Waals surface area (Å²) < 4.78 is 23.0. The van der Waals surface area contributed by atoms with Gasteiger partial charge in [0, 0.05) is 13.7 Å². The van der Waals surface area contributed by atoms with Gasteiger partial charge in [0.05, 0.1) is 36.8 Å². The second kappa shape index (κ2) is 10.3. The maximum Gasteiger partial charge on any atom is 0.290 e. The zero-order valence-electron chi connectivity index (χ0n) is 20.2. The Balaban J connectivity index is 1.86. The predicted molar refractivity (Wildman–Crippen MR) is 130 cm³/mol. The number of nitrogens with zero attached hydrogens (tertiary/aromatic N) is 1. The maximum absolute atomic E-state index is 13.6. The van der Waals surface area contributed by atoms with Crippen LogP contribution in [0.15, 0.2) is 45.6 Å². The highest BCUT2D eigenvalue weighted by atomic mass is 16.5. The van der Waals surface area contributed by atoms with Crippen molar-refractivity contribution in [1.29, 1.82) is 0 Å². The fourth-order valence-electron chi connectivity index (χ4n) is 4.31. The molecule has 0 saturated carbocycles. The fraction of sp³-hybridized carbons (Fsp3) is 0.407. The molecule has 1 amide bonds. The van der Waals surface area contributed by atoms with Crippen LogP contribution in [0.3, 0.4) is 0 Å². The molecule has 2 heterocycles. The van der Waals surface area contributed by atoms with Crippen molar-refractivity contribution in [2.75, 3.05) is 33.5 Å². The van der Waals surface area contributed by atoms with Gasteiger partial charge in [-0.3, -0.25) is 9.59 Å². The average Bonchev–Trinajstić information content (AvgIpc) is 3.11. The molecule has 0 fully saturated rings. The van der Waals surface area contributed by atoms with Crippen LogP contribution in [0, 0.1) is 6.92 Å². The molecule has 4 rings (SSSR count). The van der Waals surface area contributed by atoms with Gasteiger partial charge in [-0.05, 0) is 50.1 Å². The van der Waals surface area contributed by atoms with Gasteiger partial charge in [0.2, 0.25) is 5.76 Å². The van der Waals surface area contributed by atoms with Crippen molar-refractivity contribution in [2.24, 2.45) is 0 Å². The van der Waals surface area contributed by atoms with Crippen LogP contribution in [0.4, 0.5) is 0 Å². The number of ether oxygens (including phenoxy) is 3. The monoisotopic (exact) mass is 465 g/mol. The van der Waals surface area contributed by atoms with Gasteiger partial charge < -0.3 is 23.5 Å². The molecule has 1 unspecified atom stereocenters. The minimum atomic E-state index is -0.609. The summed E-state index contributed by atoms with van der Waals surface area (Å²) in [6, 6.07) is 10.4. The number of carbonyl (C=O) groups excluding carboxylic acids is 1. The molecular weight excluding hydrogens is 434 g/mol. The minimum absolute atomic E-state index is 0.0867. The first-order chi connectivity index (χ1) is 16.5. The van der Waals surface area contributed by atoms with Crippen LogP contribution in [0.5, 0.6) is 11.5 Å². The predicted octanol–water partition coefficient (Wildman–Crippen LogP) is 4.87. The van der Waals surface area contributed by atoms with E-state index in [-0.39, 0.29) is 17.1 Å². The topological polar surface area (TPSA) is 78.2 Å². The van der Waals surface area contributed by atoms with Gasteiger partial charge in [0.25, 0.3) is 5.91 Å². The SMILES string of the molecule is CCCCOc1ccc(C2c3c(oc4ccc(C)cc4c3=O)C(=O)N2CCOC)cc1OCC. The summed E-state index contributed by atoms with van der Waals surface area (Å²) in [6.07, 6.45) is 1.97. The average molecular weight is 466 g/mol. The number of hydrogen-bond acceptors (Lipinski definition) is 6. The van der Waals surface area contributed by atoms with Crippen LogP contribution in [0.25, 0.3) is 11.0 Å². The number of carbonyl (C=O) groups is 1. The van der Waals surface area contributed by atoms with Gasteiger partial charge in [0.1, 0.15) is 5.58 Å². The molecule has 0 aliphatic carbocycles. The molecule has 1 aromatic heterocycles. The third-order valence-corrected chi connectivity index (χ3v) is 6.00. The Morgan fingerprint density at radius 3 is 2.56 bits per heavy atom. The van der Waals surface area contributed by atoms with Gasteiger partial charge in [-0.15, -0.1) is 0 Å². The third-order valence-electron chi connectivity index (χ3n) is 6.00. The summed E-state index contributed by atoms with van der Waals surface area (Å²) in [5.41, 5.74) is 2.27. The molecular formula is C27H31NO6. The van der Waals surface area contributed by atoms with E-state index in [1.165, 1.54) is 0 Å². The number of fused-ring (bicyclic) bond motifs is 2. The van der Waals surface area contributed by atoms with E-state index in [1.54, 1.807) is 24.1 Å². The number of benzene rings is 2. The molecule has 0 radical (unpaired) electrons. The Kier molecular flexibility index (Phi) is 7.22. The van der Waals surface area contributed by atoms with Crippen molar-refractivity contribution in [2.45, 2.75) is 39.7 Å². The second-order valence-electron chi connectivity index (χ2n) is 8.41. The highest BCUT2D eigenvalue weighted by Crippen LogP contribution is 2.41. The van der Waals surface area contributed by atoms with Crippen molar-refractivity contribution in [1.82, 2.24) is 4.90 Å². The van der Waals surface area contributed by atoms with Gasteiger partial charge in [0.15, 0.2) is 16.9 Å². The Morgan fingerprint density at radius 1 is 1.00 bits per heavy atom. The van der Waals surface area contributed by atoms with Crippen LogP contribution < -0.4 is 14.9 Å². The standard InChI is InChI=1S/C27H31NO6/c1-5-7-13-33-21-11-9-18(16-22(21)32-6-2)24-23-25(29)19-15-17(3)8-10-20(19)34-26(23)27(30)28(24)12-14-31-4/h8-11,15-16,24H,5-7,12-14H2,1-4H3. The van der Waals surface area contributed by atoms with Crippen LogP contribution in [0.2, 0.25) is 0 Å². The first-order valence-electron chi connectivity index (χ1n) is 11.8. The summed E-state index contributed by atoms with van der Waals surface area (Å²) in [5, 5.41) is 0.467. The summed E-state index contributed by atoms with van der Waals surface area (Å²) in [5.74, 6) is 1.000. The number of aryl methyl sites for hydroxylation is 1. The minimum Gasteiger partial charge on any atom is -0.490 e. The first-order valence-corrected chi connectivity index (χ1v) is 11.8. The molecule has 7 heteroatoms. The van der Waals surface area contributed by atoms with Crippen molar-refractivity contribution >= 4 is 16.9 Å². The van der Waals surface area contributed by atoms with Gasteiger partial charge in [-0.1, -0.05) is 31.0 Å². The first kappa shape index (κ1) is 23.8. The van der Waals surface area contributed by atoms with Crippen molar-refractivity contribution in [3.8, 4) is 11.5 Å². The molecule has 34 heavy (non-hydrogen) atoms. The van der Waals surface area contributed by atoms with E-state index >= 15 is 0 Å². The number of methoxy groups -OCH3 is 1. The lowest BCUT2D eigenvalue weighted by molar-refractivity contribution is 0.0663. The van der Waals surface area contributed by atoms with E-state index in [0.717, 1.165) is 24.0 Å². The van der Waals surface area contributed by atoms with Gasteiger partial charge in [-0.25, -0.2) is 0 Å². The number of amides is 1. The van der Waals surface area contributed by atoms with E-state index in [9.17, 15) is 9.59 Å². The Labute approximate surface area is 199 Å². The molecule has 3 aromatic rings. The number of hydrogen-bond donors (Lipinski definition) is 0. The van der Waals surface area contributed by atoms with E-state index in [0.29, 0.717) is 54.4 Å². The van der Waals surface area contributed by atoms with Crippen molar-refractivity contribution in [3.63, 3.8) is 0 Å². The molecule has 0 saturated heterocycles. The van der Waals surface area contributed by atoms with Crippen LogP contribution in [-0.4, -0.2) is 44.3 Å². The lowest BCUT2D eigenvalue weighted by Crippen LogP contribution is -2.32. The zero-order chi connectivity index (χ0) is 24.2. The summed E-state index contributed by atoms with van der Waals surface area (Å²) in [4.78, 5) is 28.7. The fourth-order valence-corrected chi connectivity index (χ4v) is 4.31. The summed E-state index contributed by atoms with van der Waals surface area (Å²) in [7, 11) is 1.58. The van der Waals surface area contributed by atoms with Crippen molar-refractivity contribution < 1.29 is 23.4 Å². The number of rotatable bonds is 10. The van der Waals surface area contributed by atoms with E-state index in [2.05, 4.69) is 6.92 Å². The highest BCUT2D eigenvalue weighted by molar-refractivity contribution is 5.99. The molecule has 7 nitrogen and oxygen atoms in total. The summed E-state index contributed by atoms with van der Waals surface area (Å²) in [6.45, 7) is 7.64. The Bertz CT molecular complexity index is 1250. The smallest absolute Gasteiger partial charge is 0.290 e. The zero-order valence-corrected chi connectivity index (χ0v) is 20.2. The quantitative estimate of drug-likeness (QED) is 0.398. The van der Waals surface area contributed by atoms with Gasteiger partial charge in [-0.2, -0.15) is 0 Å². The van der Waals surface area contributed by atoms with Crippen LogP contribution in [-0.2, 0) is 4.74 Å². The normalized spacial score (nSPS) is 15.1. The van der Waals surface area contributed by atoms with E-state index in [1.807, 2.05) is 38.1 Å². The largest absolute Gasteiger partial charge is 0.490 e. The number of unbranched alkanes of at least 4 members (excludes halogenated alkanes) is 1. The molecule has 1 aliphatic rings. The van der Waals surface area contributed by atoms with E-state index < -0.39 is 6.04 Å². The molecule has 180 valence electrons. The molecule has 0 spiro atoms. The van der Waals surface area contributed by atoms with Crippen LogP contribution >= 0.6 is 0 Å². The Morgan fingerprint density at radius 2 is 1.82 bits per heavy atom. The van der Waals surface area contributed by atoms with Crippen molar-refractivity contribution in [3.05, 3.63) is 69.1 Å². The van der Waals surface area contributed by atoms with E-state index in [4.69, 9.17) is 18.6 Å². The Hall–Kier alpha value is -3.32. The second-order valence-corrected chi connectivity index (χ2v) is 8.41. The molecule has 0 N–H and O–H groups in total. The molecule has 1 aliphatic heterocycles. The molecule has 0 bridgehead atoms. The summed E-state index contributed by atoms with van der Waals surface area (Å²) >= 11 is 0. The third kappa shape index (κ3) is 4.40. The molecule has 2 aromatic carbocycles. The van der Waals surface area contributed by atoms with Crippen LogP contribution in [0.1, 0.15) is 60.0 Å². The lowest BCUT2D eigenvalue weighted by Gasteiger charge is -2.25. The molecule has 1 atom stereocenters. The highest BCUT2D eigenvalue weighted by Gasteiger charge is 2.42. The lowest BCUT2D eigenvalue weighted by atomic mass is 9.97. The maximum atomic E-state index is 13.6.